The maximum absolute atomic E-state index is 12.4. The predicted molar refractivity (Wildman–Crippen MR) is 110 cm³/mol. The van der Waals surface area contributed by atoms with Gasteiger partial charge in [0.2, 0.25) is 0 Å². The number of aryl methyl sites for hydroxylation is 1. The molecule has 1 heterocycles. The Bertz CT molecular complexity index is 769. The van der Waals surface area contributed by atoms with Crippen molar-refractivity contribution in [3.63, 3.8) is 0 Å². The van der Waals surface area contributed by atoms with Crippen LogP contribution < -0.4 is 15.0 Å². The Labute approximate surface area is 169 Å². The summed E-state index contributed by atoms with van der Waals surface area (Å²) in [5.41, 5.74) is 2.74. The van der Waals surface area contributed by atoms with Crippen molar-refractivity contribution in [2.24, 2.45) is 0 Å². The zero-order valence-electron chi connectivity index (χ0n) is 14.4. The molecule has 2 aromatic carbocycles. The third kappa shape index (κ3) is 4.78. The molecule has 0 saturated carbocycles. The summed E-state index contributed by atoms with van der Waals surface area (Å²) in [4.78, 5) is 14.6. The van der Waals surface area contributed by atoms with Gasteiger partial charge in [-0.1, -0.05) is 28.1 Å². The van der Waals surface area contributed by atoms with Crippen molar-refractivity contribution >= 4 is 49.1 Å². The lowest BCUT2D eigenvalue weighted by atomic mass is 10.2. The molecule has 1 amide bonds. The van der Waals surface area contributed by atoms with E-state index < -0.39 is 0 Å². The fourth-order valence-corrected chi connectivity index (χ4v) is 4.41. The van der Waals surface area contributed by atoms with Gasteiger partial charge in [0.25, 0.3) is 5.91 Å². The highest BCUT2D eigenvalue weighted by molar-refractivity contribution is 9.11. The molecule has 0 aliphatic carbocycles. The first-order valence-corrected chi connectivity index (χ1v) is 9.93. The molecule has 26 heavy (non-hydrogen) atoms. The van der Waals surface area contributed by atoms with Crippen LogP contribution in [0, 0.1) is 6.92 Å². The lowest BCUT2D eigenvalue weighted by Gasteiger charge is -2.30. The number of hydrogen-bond acceptors (Lipinski definition) is 4. The van der Waals surface area contributed by atoms with Crippen LogP contribution in [0.3, 0.4) is 0 Å². The molecule has 0 radical (unpaired) electrons. The number of hydrogen-bond donors (Lipinski definition) is 1. The SMILES string of the molecule is Cc1cc(Br)cc(Br)c1OCC(=O)Nc1ccccc1N1CCOCC1. The first-order valence-electron chi connectivity index (χ1n) is 8.34. The first-order chi connectivity index (χ1) is 12.5. The number of rotatable bonds is 5. The number of morpholine rings is 1. The van der Waals surface area contributed by atoms with Gasteiger partial charge in [0.05, 0.1) is 29.1 Å². The summed E-state index contributed by atoms with van der Waals surface area (Å²) >= 11 is 6.91. The smallest absolute Gasteiger partial charge is 0.262 e. The van der Waals surface area contributed by atoms with Crippen LogP contribution in [0.1, 0.15) is 5.56 Å². The molecule has 0 aromatic heterocycles. The Morgan fingerprint density at radius 1 is 1.23 bits per heavy atom. The average molecular weight is 484 g/mol. The van der Waals surface area contributed by atoms with E-state index in [-0.39, 0.29) is 12.5 Å². The van der Waals surface area contributed by atoms with E-state index in [0.29, 0.717) is 19.0 Å². The van der Waals surface area contributed by atoms with Gasteiger partial charge in [0.15, 0.2) is 6.61 Å². The van der Waals surface area contributed by atoms with Crippen LogP contribution in [0.25, 0.3) is 0 Å². The van der Waals surface area contributed by atoms with Crippen molar-refractivity contribution in [3.8, 4) is 5.75 Å². The zero-order valence-corrected chi connectivity index (χ0v) is 17.6. The van der Waals surface area contributed by atoms with Crippen molar-refractivity contribution in [3.05, 3.63) is 50.9 Å². The summed E-state index contributed by atoms with van der Waals surface area (Å²) in [5, 5.41) is 2.96. The highest BCUT2D eigenvalue weighted by atomic mass is 79.9. The molecule has 7 heteroatoms. The number of benzene rings is 2. The second-order valence-corrected chi connectivity index (χ2v) is 7.76. The van der Waals surface area contributed by atoms with E-state index in [2.05, 4.69) is 42.1 Å². The summed E-state index contributed by atoms with van der Waals surface area (Å²) in [6.45, 7) is 4.91. The van der Waals surface area contributed by atoms with Gasteiger partial charge >= 0.3 is 0 Å². The number of amides is 1. The van der Waals surface area contributed by atoms with Crippen LogP contribution in [0.5, 0.6) is 5.75 Å². The molecule has 1 saturated heterocycles. The van der Waals surface area contributed by atoms with E-state index in [1.807, 2.05) is 43.3 Å². The monoisotopic (exact) mass is 482 g/mol. The van der Waals surface area contributed by atoms with Crippen molar-refractivity contribution in [1.82, 2.24) is 0 Å². The van der Waals surface area contributed by atoms with Crippen molar-refractivity contribution < 1.29 is 14.3 Å². The van der Waals surface area contributed by atoms with Gasteiger partial charge in [0, 0.05) is 17.6 Å². The fourth-order valence-electron chi connectivity index (χ4n) is 2.86. The van der Waals surface area contributed by atoms with Crippen LogP contribution >= 0.6 is 31.9 Å². The molecule has 2 aromatic rings. The predicted octanol–water partition coefficient (Wildman–Crippen LogP) is 4.37. The summed E-state index contributed by atoms with van der Waals surface area (Å²) in [7, 11) is 0. The second kappa shape index (κ2) is 8.88. The normalized spacial score (nSPS) is 14.2. The van der Waals surface area contributed by atoms with E-state index in [4.69, 9.17) is 9.47 Å². The average Bonchev–Trinajstić information content (AvgIpc) is 2.62. The third-order valence-electron chi connectivity index (χ3n) is 4.07. The van der Waals surface area contributed by atoms with Gasteiger partial charge in [-0.2, -0.15) is 0 Å². The summed E-state index contributed by atoms with van der Waals surface area (Å²) < 4.78 is 12.9. The summed E-state index contributed by atoms with van der Waals surface area (Å²) in [6, 6.07) is 11.6. The van der Waals surface area contributed by atoms with E-state index >= 15 is 0 Å². The molecular formula is C19H20Br2N2O3. The molecule has 0 bridgehead atoms. The molecule has 1 aliphatic heterocycles. The molecule has 1 N–H and O–H groups in total. The zero-order chi connectivity index (χ0) is 18.5. The third-order valence-corrected chi connectivity index (χ3v) is 5.12. The molecule has 5 nitrogen and oxygen atoms in total. The number of carbonyl (C=O) groups excluding carboxylic acids is 1. The summed E-state index contributed by atoms with van der Waals surface area (Å²) in [6.07, 6.45) is 0. The Morgan fingerprint density at radius 2 is 1.96 bits per heavy atom. The highest BCUT2D eigenvalue weighted by Gasteiger charge is 2.16. The van der Waals surface area contributed by atoms with E-state index in [1.165, 1.54) is 0 Å². The maximum atomic E-state index is 12.4. The number of anilines is 2. The minimum Gasteiger partial charge on any atom is -0.482 e. The van der Waals surface area contributed by atoms with Gasteiger partial charge in [-0.3, -0.25) is 4.79 Å². The van der Waals surface area contributed by atoms with E-state index in [0.717, 1.165) is 39.0 Å². The first kappa shape index (κ1) is 19.2. The number of nitrogens with zero attached hydrogens (tertiary/aromatic N) is 1. The molecule has 0 atom stereocenters. The van der Waals surface area contributed by atoms with Crippen LogP contribution in [0.4, 0.5) is 11.4 Å². The van der Waals surface area contributed by atoms with Crippen molar-refractivity contribution in [1.29, 1.82) is 0 Å². The second-order valence-electron chi connectivity index (χ2n) is 5.99. The van der Waals surface area contributed by atoms with Gasteiger partial charge in [-0.15, -0.1) is 0 Å². The van der Waals surface area contributed by atoms with Gasteiger partial charge in [-0.25, -0.2) is 0 Å². The topological polar surface area (TPSA) is 50.8 Å². The highest BCUT2D eigenvalue weighted by Crippen LogP contribution is 2.32. The number of ether oxygens (including phenoxy) is 2. The van der Waals surface area contributed by atoms with E-state index in [1.54, 1.807) is 0 Å². The molecule has 1 fully saturated rings. The van der Waals surface area contributed by atoms with Crippen LogP contribution in [0.2, 0.25) is 0 Å². The van der Waals surface area contributed by atoms with Crippen molar-refractivity contribution in [2.75, 3.05) is 43.1 Å². The van der Waals surface area contributed by atoms with Crippen LogP contribution in [0.15, 0.2) is 45.3 Å². The number of nitrogens with one attached hydrogen (secondary N) is 1. The number of carbonyl (C=O) groups is 1. The molecular weight excluding hydrogens is 464 g/mol. The van der Waals surface area contributed by atoms with E-state index in [9.17, 15) is 4.79 Å². The Kier molecular flexibility index (Phi) is 6.56. The Hall–Kier alpha value is -1.57. The Morgan fingerprint density at radius 3 is 2.69 bits per heavy atom. The van der Waals surface area contributed by atoms with Crippen LogP contribution in [-0.4, -0.2) is 38.8 Å². The standard InChI is InChI=1S/C19H20Br2N2O3/c1-13-10-14(20)11-15(21)19(13)26-12-18(24)22-16-4-2-3-5-17(16)23-6-8-25-9-7-23/h2-5,10-11H,6-9,12H2,1H3,(H,22,24). The molecule has 138 valence electrons. The largest absolute Gasteiger partial charge is 0.482 e. The fraction of sp³-hybridized carbons (Fsp3) is 0.316. The molecule has 1 aliphatic rings. The molecule has 0 spiro atoms. The van der Waals surface area contributed by atoms with Crippen molar-refractivity contribution in [2.45, 2.75) is 6.92 Å². The Balaban J connectivity index is 1.66. The molecule has 3 rings (SSSR count). The lowest BCUT2D eigenvalue weighted by molar-refractivity contribution is -0.118. The van der Waals surface area contributed by atoms with Gasteiger partial charge in [0.1, 0.15) is 5.75 Å². The molecule has 0 unspecified atom stereocenters. The van der Waals surface area contributed by atoms with Crippen LogP contribution in [-0.2, 0) is 9.53 Å². The number of halogens is 2. The minimum absolute atomic E-state index is 0.0570. The lowest BCUT2D eigenvalue weighted by Crippen LogP contribution is -2.37. The number of para-hydroxylation sites is 2. The van der Waals surface area contributed by atoms with Gasteiger partial charge < -0.3 is 19.7 Å². The maximum Gasteiger partial charge on any atom is 0.262 e. The summed E-state index contributed by atoms with van der Waals surface area (Å²) in [5.74, 6) is 0.477. The minimum atomic E-state index is -0.195. The quantitative estimate of drug-likeness (QED) is 0.685. The van der Waals surface area contributed by atoms with Gasteiger partial charge in [-0.05, 0) is 52.7 Å².